The average Bonchev–Trinajstić information content (AvgIpc) is 2.49. The van der Waals surface area contributed by atoms with Crippen molar-refractivity contribution in [3.63, 3.8) is 0 Å². The average molecular weight is 342 g/mol. The van der Waals surface area contributed by atoms with Crippen LogP contribution >= 0.6 is 0 Å². The summed E-state index contributed by atoms with van der Waals surface area (Å²) in [6, 6.07) is 8.97. The Morgan fingerprint density at radius 3 is 2.22 bits per heavy atom. The van der Waals surface area contributed by atoms with Gasteiger partial charge in [0, 0.05) is 0 Å². The molecule has 0 N–H and O–H groups in total. The summed E-state index contributed by atoms with van der Waals surface area (Å²) in [7, 11) is -4.40. The number of fused-ring (bicyclic) bond motifs is 1. The largest absolute Gasteiger partial charge is 1.00 e. The first kappa shape index (κ1) is 20.7. The number of unbranched alkanes of at least 4 members (excludes halogenated alkanes) is 2. The van der Waals surface area contributed by atoms with Gasteiger partial charge in [-0.2, -0.15) is 0 Å². The second-order valence-electron chi connectivity index (χ2n) is 5.80. The summed E-state index contributed by atoms with van der Waals surface area (Å²) in [5.74, 6) is 0. The Hall–Kier alpha value is -0.390. The van der Waals surface area contributed by atoms with Crippen LogP contribution in [0.4, 0.5) is 0 Å². The Bertz CT molecular complexity index is 754. The number of hydrogen-bond acceptors (Lipinski definition) is 3. The van der Waals surface area contributed by atoms with Crippen LogP contribution in [-0.4, -0.2) is 13.0 Å². The number of benzene rings is 2. The monoisotopic (exact) mass is 342 g/mol. The summed E-state index contributed by atoms with van der Waals surface area (Å²) in [6.07, 6.45) is 6.42. The van der Waals surface area contributed by atoms with Gasteiger partial charge in [-0.15, -0.1) is 0 Å². The maximum atomic E-state index is 11.2. The van der Waals surface area contributed by atoms with E-state index in [9.17, 15) is 13.0 Å². The summed E-state index contributed by atoms with van der Waals surface area (Å²) in [6.45, 7) is 4.31. The van der Waals surface area contributed by atoms with E-state index < -0.39 is 10.1 Å². The first-order chi connectivity index (χ1) is 10.5. The molecule has 2 aromatic carbocycles. The van der Waals surface area contributed by atoms with Crippen LogP contribution in [-0.2, 0) is 23.0 Å². The molecule has 0 aromatic heterocycles. The topological polar surface area (TPSA) is 57.2 Å². The fraction of sp³-hybridized carbons (Fsp3) is 0.444. The van der Waals surface area contributed by atoms with E-state index in [1.54, 1.807) is 6.07 Å². The Balaban J connectivity index is 0.00000264. The van der Waals surface area contributed by atoms with Gasteiger partial charge in [0.15, 0.2) is 0 Å². The van der Waals surface area contributed by atoms with Crippen LogP contribution in [0.1, 0.15) is 50.7 Å². The zero-order chi connectivity index (χ0) is 16.2. The van der Waals surface area contributed by atoms with E-state index in [2.05, 4.69) is 19.9 Å². The Morgan fingerprint density at radius 2 is 1.61 bits per heavy atom. The van der Waals surface area contributed by atoms with Crippen molar-refractivity contribution in [2.45, 2.75) is 57.3 Å². The minimum Gasteiger partial charge on any atom is -0.744 e. The van der Waals surface area contributed by atoms with E-state index in [1.165, 1.54) is 23.3 Å². The summed E-state index contributed by atoms with van der Waals surface area (Å²) < 4.78 is 33.7. The summed E-state index contributed by atoms with van der Waals surface area (Å²) in [5.41, 5.74) is 2.47. The summed E-state index contributed by atoms with van der Waals surface area (Å²) in [4.78, 5) is -0.144. The summed E-state index contributed by atoms with van der Waals surface area (Å²) >= 11 is 0. The molecule has 0 radical (unpaired) electrons. The molecule has 0 amide bonds. The molecule has 0 heterocycles. The third-order valence-corrected chi connectivity index (χ3v) is 4.81. The molecular formula is C18H23NaO3S. The van der Waals surface area contributed by atoms with Crippen LogP contribution in [0.25, 0.3) is 10.8 Å². The smallest absolute Gasteiger partial charge is 0.744 e. The van der Waals surface area contributed by atoms with Crippen LogP contribution in [0.15, 0.2) is 35.2 Å². The zero-order valence-electron chi connectivity index (χ0n) is 14.3. The van der Waals surface area contributed by atoms with Crippen molar-refractivity contribution in [2.24, 2.45) is 0 Å². The maximum absolute atomic E-state index is 11.2. The molecule has 2 rings (SSSR count). The van der Waals surface area contributed by atoms with Gasteiger partial charge in [-0.3, -0.25) is 0 Å². The quantitative estimate of drug-likeness (QED) is 0.565. The molecule has 0 atom stereocenters. The SMILES string of the molecule is CCCCc1cc(CCCC)c2ccc(S(=O)(=O)[O-])cc2c1.[Na+]. The van der Waals surface area contributed by atoms with Crippen molar-refractivity contribution in [3.8, 4) is 0 Å². The predicted molar refractivity (Wildman–Crippen MR) is 89.1 cm³/mol. The fourth-order valence-electron chi connectivity index (χ4n) is 2.75. The molecule has 0 spiro atoms. The van der Waals surface area contributed by atoms with E-state index in [-0.39, 0.29) is 34.5 Å². The van der Waals surface area contributed by atoms with Gasteiger partial charge in [0.25, 0.3) is 0 Å². The molecule has 0 saturated carbocycles. The second-order valence-corrected chi connectivity index (χ2v) is 7.18. The van der Waals surface area contributed by atoms with Gasteiger partial charge in [-0.05, 0) is 59.7 Å². The van der Waals surface area contributed by atoms with Crippen molar-refractivity contribution < 1.29 is 42.5 Å². The normalized spacial score (nSPS) is 11.4. The molecule has 0 aliphatic rings. The van der Waals surface area contributed by atoms with Gasteiger partial charge >= 0.3 is 29.6 Å². The molecule has 0 fully saturated rings. The molecule has 0 unspecified atom stereocenters. The Kier molecular flexibility index (Phi) is 8.25. The fourth-order valence-corrected chi connectivity index (χ4v) is 3.26. The first-order valence-corrected chi connectivity index (χ1v) is 9.38. The van der Waals surface area contributed by atoms with Crippen LogP contribution in [0.3, 0.4) is 0 Å². The first-order valence-electron chi connectivity index (χ1n) is 7.97. The van der Waals surface area contributed by atoms with E-state index in [0.29, 0.717) is 0 Å². The summed E-state index contributed by atoms with van der Waals surface area (Å²) in [5, 5.41) is 1.91. The van der Waals surface area contributed by atoms with Crippen molar-refractivity contribution in [1.29, 1.82) is 0 Å². The van der Waals surface area contributed by atoms with Gasteiger partial charge in [0.05, 0.1) is 4.90 Å². The van der Waals surface area contributed by atoms with Crippen LogP contribution in [0, 0.1) is 0 Å². The molecule has 0 aliphatic heterocycles. The zero-order valence-corrected chi connectivity index (χ0v) is 17.1. The molecule has 5 heteroatoms. The van der Waals surface area contributed by atoms with Gasteiger partial charge in [0.2, 0.25) is 0 Å². The molecule has 0 aliphatic carbocycles. The second kappa shape index (κ2) is 9.19. The third-order valence-electron chi connectivity index (χ3n) is 3.98. The Labute approximate surface area is 161 Å². The minimum absolute atomic E-state index is 0. The molecule has 0 bridgehead atoms. The van der Waals surface area contributed by atoms with E-state index in [1.807, 2.05) is 6.07 Å². The van der Waals surface area contributed by atoms with Gasteiger partial charge in [0.1, 0.15) is 10.1 Å². The standard InChI is InChI=1S/C18H24O3S.Na/c1-3-5-7-14-11-15(8-6-4-2)18-10-9-17(22(19,20)21)13-16(18)12-14;/h9-13H,3-8H2,1-2H3,(H,19,20,21);/q;+1/p-1. The minimum atomic E-state index is -4.40. The van der Waals surface area contributed by atoms with Crippen LogP contribution in [0.5, 0.6) is 0 Å². The van der Waals surface area contributed by atoms with E-state index in [0.717, 1.165) is 49.3 Å². The molecule has 23 heavy (non-hydrogen) atoms. The molecular weight excluding hydrogens is 319 g/mol. The van der Waals surface area contributed by atoms with Gasteiger partial charge in [-0.1, -0.05) is 44.9 Å². The van der Waals surface area contributed by atoms with Gasteiger partial charge < -0.3 is 4.55 Å². The van der Waals surface area contributed by atoms with E-state index in [4.69, 9.17) is 0 Å². The van der Waals surface area contributed by atoms with Crippen molar-refractivity contribution >= 4 is 20.9 Å². The van der Waals surface area contributed by atoms with Crippen LogP contribution in [0.2, 0.25) is 0 Å². The van der Waals surface area contributed by atoms with Crippen molar-refractivity contribution in [3.05, 3.63) is 41.5 Å². The molecule has 2 aromatic rings. The number of aryl methyl sites for hydroxylation is 2. The third kappa shape index (κ3) is 5.57. The Morgan fingerprint density at radius 1 is 0.957 bits per heavy atom. The molecule has 0 saturated heterocycles. The van der Waals surface area contributed by atoms with Crippen molar-refractivity contribution in [2.75, 3.05) is 0 Å². The number of hydrogen-bond donors (Lipinski definition) is 0. The molecule has 3 nitrogen and oxygen atoms in total. The van der Waals surface area contributed by atoms with Gasteiger partial charge in [-0.25, -0.2) is 8.42 Å². The maximum Gasteiger partial charge on any atom is 1.00 e. The molecule has 120 valence electrons. The van der Waals surface area contributed by atoms with Crippen molar-refractivity contribution in [1.82, 2.24) is 0 Å². The number of rotatable bonds is 7. The predicted octanol–water partition coefficient (Wildman–Crippen LogP) is 1.43. The van der Waals surface area contributed by atoms with E-state index >= 15 is 0 Å². The van der Waals surface area contributed by atoms with Crippen LogP contribution < -0.4 is 29.6 Å².